The lowest BCUT2D eigenvalue weighted by Crippen LogP contribution is -2.24. The van der Waals surface area contributed by atoms with Crippen molar-refractivity contribution in [1.29, 1.82) is 0 Å². The Bertz CT molecular complexity index is 1050. The number of hydrogen-bond donors (Lipinski definition) is 1. The van der Waals surface area contributed by atoms with Crippen LogP contribution in [0.1, 0.15) is 5.56 Å². The number of nitrogens with one attached hydrogen (secondary N) is 1. The Labute approximate surface area is 171 Å². The van der Waals surface area contributed by atoms with Gasteiger partial charge in [0.2, 0.25) is 0 Å². The minimum absolute atomic E-state index is 0.122. The Morgan fingerprint density at radius 3 is 2.59 bits per heavy atom. The number of benzene rings is 3. The van der Waals surface area contributed by atoms with Gasteiger partial charge in [0.05, 0.1) is 11.1 Å². The van der Waals surface area contributed by atoms with Crippen LogP contribution in [0.4, 0.5) is 5.69 Å². The molecule has 0 atom stereocenters. The molecule has 29 heavy (non-hydrogen) atoms. The van der Waals surface area contributed by atoms with E-state index < -0.39 is 10.8 Å². The van der Waals surface area contributed by atoms with E-state index in [0.29, 0.717) is 11.3 Å². The molecule has 7 nitrogen and oxygen atoms in total. The van der Waals surface area contributed by atoms with Crippen LogP contribution in [-0.2, 0) is 4.79 Å². The van der Waals surface area contributed by atoms with Gasteiger partial charge in [-0.3, -0.25) is 14.9 Å². The Balaban J connectivity index is 1.61. The molecule has 0 radical (unpaired) electrons. The van der Waals surface area contributed by atoms with Gasteiger partial charge in [-0.05, 0) is 17.7 Å². The molecular formula is C21H16ClN3O4. The van der Waals surface area contributed by atoms with Crippen LogP contribution >= 0.6 is 11.6 Å². The molecule has 0 unspecified atom stereocenters. The third-order valence-corrected chi connectivity index (χ3v) is 4.26. The highest BCUT2D eigenvalue weighted by atomic mass is 35.5. The van der Waals surface area contributed by atoms with Crippen molar-refractivity contribution in [2.45, 2.75) is 0 Å². The Hall–Kier alpha value is -3.71. The minimum Gasteiger partial charge on any atom is -0.483 e. The average Bonchev–Trinajstić information content (AvgIpc) is 2.74. The molecule has 0 aliphatic rings. The molecule has 146 valence electrons. The summed E-state index contributed by atoms with van der Waals surface area (Å²) < 4.78 is 5.63. The number of hydrogen-bond acceptors (Lipinski definition) is 5. The summed E-state index contributed by atoms with van der Waals surface area (Å²) in [6.07, 6.45) is 1.24. The number of hydrazone groups is 1. The van der Waals surface area contributed by atoms with Crippen LogP contribution in [0.25, 0.3) is 11.1 Å². The number of rotatable bonds is 7. The zero-order chi connectivity index (χ0) is 20.6. The van der Waals surface area contributed by atoms with Gasteiger partial charge in [0.25, 0.3) is 11.6 Å². The van der Waals surface area contributed by atoms with Gasteiger partial charge in [0.1, 0.15) is 5.75 Å². The van der Waals surface area contributed by atoms with Crippen molar-refractivity contribution in [3.05, 3.63) is 93.5 Å². The van der Waals surface area contributed by atoms with E-state index in [-0.39, 0.29) is 17.3 Å². The smallest absolute Gasteiger partial charge is 0.277 e. The van der Waals surface area contributed by atoms with E-state index in [4.69, 9.17) is 16.3 Å². The molecule has 0 fully saturated rings. The molecular weight excluding hydrogens is 394 g/mol. The number of non-ortho nitro benzene ring substituents is 1. The van der Waals surface area contributed by atoms with Gasteiger partial charge in [-0.2, -0.15) is 5.10 Å². The number of amides is 1. The summed E-state index contributed by atoms with van der Waals surface area (Å²) in [5, 5.41) is 14.9. The standard InChI is InChI=1S/C21H16ClN3O4/c22-19-11-10-17(25(27)28)12-16(19)13-23-24-21(26)14-29-20-9-5-4-8-18(20)15-6-2-1-3-7-15/h1-13H,14H2,(H,24,26)/b23-13-. The van der Waals surface area contributed by atoms with E-state index >= 15 is 0 Å². The molecule has 0 saturated carbocycles. The zero-order valence-electron chi connectivity index (χ0n) is 15.1. The Kier molecular flexibility index (Phi) is 6.55. The van der Waals surface area contributed by atoms with E-state index in [0.717, 1.165) is 11.1 Å². The Morgan fingerprint density at radius 1 is 1.10 bits per heavy atom. The van der Waals surface area contributed by atoms with E-state index in [2.05, 4.69) is 10.5 Å². The van der Waals surface area contributed by atoms with Crippen LogP contribution in [0, 0.1) is 10.1 Å². The Morgan fingerprint density at radius 2 is 1.83 bits per heavy atom. The number of para-hydroxylation sites is 1. The summed E-state index contributed by atoms with van der Waals surface area (Å²) in [4.78, 5) is 22.3. The second-order valence-electron chi connectivity index (χ2n) is 5.91. The summed E-state index contributed by atoms with van der Waals surface area (Å²) >= 11 is 5.98. The number of nitrogens with zero attached hydrogens (tertiary/aromatic N) is 2. The molecule has 3 aromatic carbocycles. The first-order valence-corrected chi connectivity index (χ1v) is 8.95. The third kappa shape index (κ3) is 5.40. The van der Waals surface area contributed by atoms with Crippen molar-refractivity contribution in [2.24, 2.45) is 5.10 Å². The molecule has 0 saturated heterocycles. The van der Waals surface area contributed by atoms with Crippen molar-refractivity contribution < 1.29 is 14.5 Å². The van der Waals surface area contributed by atoms with Crippen LogP contribution in [0.15, 0.2) is 77.9 Å². The number of carbonyl (C=O) groups excluding carboxylic acids is 1. The van der Waals surface area contributed by atoms with Crippen LogP contribution in [0.5, 0.6) is 5.75 Å². The number of nitro groups is 1. The van der Waals surface area contributed by atoms with E-state index in [1.165, 1.54) is 24.4 Å². The fraction of sp³-hybridized carbons (Fsp3) is 0.0476. The quantitative estimate of drug-likeness (QED) is 0.354. The maximum atomic E-state index is 12.0. The van der Waals surface area contributed by atoms with Gasteiger partial charge in [0.15, 0.2) is 6.61 Å². The lowest BCUT2D eigenvalue weighted by molar-refractivity contribution is -0.384. The summed E-state index contributed by atoms with van der Waals surface area (Å²) in [6, 6.07) is 21.0. The molecule has 0 heterocycles. The van der Waals surface area contributed by atoms with E-state index in [9.17, 15) is 14.9 Å². The predicted octanol–water partition coefficient (Wildman–Crippen LogP) is 4.44. The van der Waals surface area contributed by atoms with Gasteiger partial charge in [-0.15, -0.1) is 0 Å². The summed E-state index contributed by atoms with van der Waals surface area (Å²) in [5.41, 5.74) is 4.35. The number of carbonyl (C=O) groups is 1. The average molecular weight is 410 g/mol. The topological polar surface area (TPSA) is 93.8 Å². The summed E-state index contributed by atoms with van der Waals surface area (Å²) in [7, 11) is 0. The van der Waals surface area contributed by atoms with Gasteiger partial charge in [-0.1, -0.05) is 60.1 Å². The molecule has 0 aromatic heterocycles. The second kappa shape index (κ2) is 9.48. The minimum atomic E-state index is -0.537. The summed E-state index contributed by atoms with van der Waals surface area (Å²) in [5.74, 6) is 0.0882. The van der Waals surface area contributed by atoms with Gasteiger partial charge in [-0.25, -0.2) is 5.43 Å². The first-order valence-electron chi connectivity index (χ1n) is 8.57. The molecule has 3 rings (SSSR count). The van der Waals surface area contributed by atoms with Crippen molar-refractivity contribution in [3.63, 3.8) is 0 Å². The zero-order valence-corrected chi connectivity index (χ0v) is 15.9. The highest BCUT2D eigenvalue weighted by Gasteiger charge is 2.09. The predicted molar refractivity (Wildman–Crippen MR) is 111 cm³/mol. The highest BCUT2D eigenvalue weighted by molar-refractivity contribution is 6.33. The normalized spacial score (nSPS) is 10.7. The van der Waals surface area contributed by atoms with Gasteiger partial charge >= 0.3 is 0 Å². The molecule has 0 bridgehead atoms. The SMILES string of the molecule is O=C(COc1ccccc1-c1ccccc1)N/N=C\c1cc([N+](=O)[O-])ccc1Cl. The van der Waals surface area contributed by atoms with E-state index in [1.54, 1.807) is 6.07 Å². The number of ether oxygens (including phenoxy) is 1. The van der Waals surface area contributed by atoms with Crippen molar-refractivity contribution in [2.75, 3.05) is 6.61 Å². The molecule has 0 spiro atoms. The maximum absolute atomic E-state index is 12.0. The van der Waals surface area contributed by atoms with Gasteiger partial charge in [0, 0.05) is 28.3 Å². The largest absolute Gasteiger partial charge is 0.483 e. The lowest BCUT2D eigenvalue weighted by Gasteiger charge is -2.10. The number of halogens is 1. The van der Waals surface area contributed by atoms with Crippen molar-refractivity contribution >= 4 is 29.4 Å². The van der Waals surface area contributed by atoms with Crippen LogP contribution in [0.2, 0.25) is 5.02 Å². The third-order valence-electron chi connectivity index (χ3n) is 3.91. The molecule has 8 heteroatoms. The molecule has 0 aliphatic heterocycles. The maximum Gasteiger partial charge on any atom is 0.277 e. The monoisotopic (exact) mass is 409 g/mol. The highest BCUT2D eigenvalue weighted by Crippen LogP contribution is 2.29. The first-order chi connectivity index (χ1) is 14.0. The number of nitro benzene ring substituents is 1. The lowest BCUT2D eigenvalue weighted by atomic mass is 10.1. The van der Waals surface area contributed by atoms with E-state index in [1.807, 2.05) is 48.5 Å². The summed E-state index contributed by atoms with van der Waals surface area (Å²) in [6.45, 7) is -0.246. The fourth-order valence-corrected chi connectivity index (χ4v) is 2.71. The molecule has 1 N–H and O–H groups in total. The first kappa shape index (κ1) is 20.0. The molecule has 1 amide bonds. The second-order valence-corrected chi connectivity index (χ2v) is 6.31. The van der Waals surface area contributed by atoms with Crippen molar-refractivity contribution in [1.82, 2.24) is 5.43 Å². The molecule has 3 aromatic rings. The fourth-order valence-electron chi connectivity index (χ4n) is 2.54. The van der Waals surface area contributed by atoms with Crippen LogP contribution in [-0.4, -0.2) is 23.7 Å². The van der Waals surface area contributed by atoms with Crippen molar-refractivity contribution in [3.8, 4) is 16.9 Å². The van der Waals surface area contributed by atoms with Crippen LogP contribution in [0.3, 0.4) is 0 Å². The van der Waals surface area contributed by atoms with Crippen LogP contribution < -0.4 is 10.2 Å². The molecule has 0 aliphatic carbocycles. The van der Waals surface area contributed by atoms with Gasteiger partial charge < -0.3 is 4.74 Å².